The molecule has 25 heavy (non-hydrogen) atoms. The maximum Gasteiger partial charge on any atom is 0.226 e. The largest absolute Gasteiger partial charge is 0.381 e. The van der Waals surface area contributed by atoms with Gasteiger partial charge in [0.15, 0.2) is 5.69 Å². The molecule has 0 atom stereocenters. The Balaban J connectivity index is 1.32. The first-order valence-electron chi connectivity index (χ1n) is 9.32. The highest BCUT2D eigenvalue weighted by Crippen LogP contribution is 2.26. The molecule has 3 aliphatic rings. The predicted molar refractivity (Wildman–Crippen MR) is 90.5 cm³/mol. The number of carbonyl (C=O) groups excluding carboxylic acids is 1. The van der Waals surface area contributed by atoms with Crippen LogP contribution in [0.3, 0.4) is 0 Å². The minimum atomic E-state index is 0.140. The summed E-state index contributed by atoms with van der Waals surface area (Å²) < 4.78 is 7.31. The predicted octanol–water partition coefficient (Wildman–Crippen LogP) is 0.988. The zero-order chi connectivity index (χ0) is 17.2. The SMILES string of the molecule is N#Cc1cc2n(n1)CCN(C(=O)C1CCN(C3CCOCC3)CC1)C2. The molecule has 0 radical (unpaired) electrons. The molecule has 4 heterocycles. The second-order valence-electron chi connectivity index (χ2n) is 7.27. The number of carbonyl (C=O) groups is 1. The van der Waals surface area contributed by atoms with Gasteiger partial charge in [-0.05, 0) is 44.8 Å². The van der Waals surface area contributed by atoms with Gasteiger partial charge in [0.05, 0.1) is 18.8 Å². The van der Waals surface area contributed by atoms with Crippen LogP contribution < -0.4 is 0 Å². The molecular weight excluding hydrogens is 318 g/mol. The van der Waals surface area contributed by atoms with Gasteiger partial charge in [0.2, 0.25) is 5.91 Å². The van der Waals surface area contributed by atoms with Crippen molar-refractivity contribution in [3.8, 4) is 6.07 Å². The van der Waals surface area contributed by atoms with Crippen molar-refractivity contribution >= 4 is 5.91 Å². The lowest BCUT2D eigenvalue weighted by molar-refractivity contribution is -0.139. The molecule has 1 aromatic heterocycles. The van der Waals surface area contributed by atoms with Crippen LogP contribution in [-0.2, 0) is 22.6 Å². The number of hydrogen-bond donors (Lipinski definition) is 0. The normalized spacial score (nSPS) is 23.2. The Bertz CT molecular complexity index is 665. The number of ether oxygens (including phenoxy) is 1. The lowest BCUT2D eigenvalue weighted by Gasteiger charge is -2.40. The van der Waals surface area contributed by atoms with Crippen molar-refractivity contribution in [3.63, 3.8) is 0 Å². The summed E-state index contributed by atoms with van der Waals surface area (Å²) in [5.74, 6) is 0.415. The van der Waals surface area contributed by atoms with E-state index in [0.717, 1.165) is 57.7 Å². The maximum atomic E-state index is 12.9. The molecule has 134 valence electrons. The van der Waals surface area contributed by atoms with E-state index in [9.17, 15) is 4.79 Å². The number of nitrogens with zero attached hydrogens (tertiary/aromatic N) is 5. The van der Waals surface area contributed by atoms with Gasteiger partial charge in [-0.2, -0.15) is 10.4 Å². The molecule has 0 spiro atoms. The minimum absolute atomic E-state index is 0.140. The van der Waals surface area contributed by atoms with E-state index in [4.69, 9.17) is 10.00 Å². The number of fused-ring (bicyclic) bond motifs is 1. The number of aromatic nitrogens is 2. The molecule has 0 aromatic carbocycles. The zero-order valence-electron chi connectivity index (χ0n) is 14.6. The van der Waals surface area contributed by atoms with Crippen LogP contribution in [0.4, 0.5) is 0 Å². The first-order valence-corrected chi connectivity index (χ1v) is 9.32. The quantitative estimate of drug-likeness (QED) is 0.800. The molecular formula is C18H25N5O2. The fraction of sp³-hybridized carbons (Fsp3) is 0.722. The van der Waals surface area contributed by atoms with E-state index in [1.54, 1.807) is 6.07 Å². The molecule has 0 unspecified atom stereocenters. The number of likely N-dealkylation sites (tertiary alicyclic amines) is 1. The number of amides is 1. The third-order valence-corrected chi connectivity index (χ3v) is 5.81. The van der Waals surface area contributed by atoms with Crippen LogP contribution >= 0.6 is 0 Å². The summed E-state index contributed by atoms with van der Waals surface area (Å²) in [6.07, 6.45) is 4.15. The van der Waals surface area contributed by atoms with Crippen molar-refractivity contribution in [1.82, 2.24) is 19.6 Å². The summed E-state index contributed by atoms with van der Waals surface area (Å²) in [5.41, 5.74) is 1.41. The van der Waals surface area contributed by atoms with E-state index in [1.165, 1.54) is 0 Å². The first-order chi connectivity index (χ1) is 12.2. The lowest BCUT2D eigenvalue weighted by Crippen LogP contribution is -2.48. The number of nitriles is 1. The molecule has 0 saturated carbocycles. The third-order valence-electron chi connectivity index (χ3n) is 5.81. The fourth-order valence-electron chi connectivity index (χ4n) is 4.33. The average molecular weight is 343 g/mol. The molecule has 2 saturated heterocycles. The number of piperidine rings is 1. The molecule has 1 amide bonds. The molecule has 1 aromatic rings. The summed E-state index contributed by atoms with van der Waals surface area (Å²) in [6, 6.07) is 4.51. The van der Waals surface area contributed by atoms with Gasteiger partial charge >= 0.3 is 0 Å². The molecule has 7 heteroatoms. The van der Waals surface area contributed by atoms with Crippen LogP contribution in [0.2, 0.25) is 0 Å². The highest BCUT2D eigenvalue weighted by atomic mass is 16.5. The van der Waals surface area contributed by atoms with Gasteiger partial charge in [0.25, 0.3) is 0 Å². The van der Waals surface area contributed by atoms with Crippen LogP contribution in [0.15, 0.2) is 6.07 Å². The van der Waals surface area contributed by atoms with E-state index in [1.807, 2.05) is 9.58 Å². The van der Waals surface area contributed by atoms with Crippen LogP contribution in [0, 0.1) is 17.2 Å². The first kappa shape index (κ1) is 16.6. The van der Waals surface area contributed by atoms with Gasteiger partial charge in [-0.3, -0.25) is 9.48 Å². The van der Waals surface area contributed by atoms with Gasteiger partial charge < -0.3 is 14.5 Å². The Hall–Kier alpha value is -1.91. The van der Waals surface area contributed by atoms with Crippen LogP contribution in [-0.4, -0.2) is 64.4 Å². The van der Waals surface area contributed by atoms with Crippen LogP contribution in [0.5, 0.6) is 0 Å². The molecule has 4 rings (SSSR count). The molecule has 0 N–H and O–H groups in total. The standard InChI is InChI=1S/C18H25N5O2/c19-12-15-11-17-13-22(7-8-23(17)20-15)18(24)14-1-5-21(6-2-14)16-3-9-25-10-4-16/h11,14,16H,1-10,13H2. The molecule has 0 bridgehead atoms. The van der Waals surface area contributed by atoms with Crippen molar-refractivity contribution < 1.29 is 9.53 Å². The fourth-order valence-corrected chi connectivity index (χ4v) is 4.33. The highest BCUT2D eigenvalue weighted by Gasteiger charge is 2.33. The average Bonchev–Trinajstić information content (AvgIpc) is 3.10. The molecule has 3 aliphatic heterocycles. The van der Waals surface area contributed by atoms with E-state index in [0.29, 0.717) is 31.4 Å². The van der Waals surface area contributed by atoms with Gasteiger partial charge in [0, 0.05) is 31.7 Å². The minimum Gasteiger partial charge on any atom is -0.381 e. The van der Waals surface area contributed by atoms with Crippen molar-refractivity contribution in [2.75, 3.05) is 32.8 Å². The van der Waals surface area contributed by atoms with E-state index < -0.39 is 0 Å². The van der Waals surface area contributed by atoms with E-state index in [-0.39, 0.29) is 11.8 Å². The van der Waals surface area contributed by atoms with Crippen molar-refractivity contribution in [3.05, 3.63) is 17.5 Å². The topological polar surface area (TPSA) is 74.4 Å². The zero-order valence-corrected chi connectivity index (χ0v) is 14.6. The van der Waals surface area contributed by atoms with Crippen LogP contribution in [0.25, 0.3) is 0 Å². The molecule has 7 nitrogen and oxygen atoms in total. The smallest absolute Gasteiger partial charge is 0.226 e. The second-order valence-corrected chi connectivity index (χ2v) is 7.27. The van der Waals surface area contributed by atoms with E-state index in [2.05, 4.69) is 16.1 Å². The summed E-state index contributed by atoms with van der Waals surface area (Å²) in [6.45, 7) is 5.73. The summed E-state index contributed by atoms with van der Waals surface area (Å²) in [7, 11) is 0. The number of hydrogen-bond acceptors (Lipinski definition) is 5. The van der Waals surface area contributed by atoms with Gasteiger partial charge in [-0.25, -0.2) is 0 Å². The Morgan fingerprint density at radius 2 is 1.92 bits per heavy atom. The van der Waals surface area contributed by atoms with Crippen LogP contribution in [0.1, 0.15) is 37.1 Å². The second kappa shape index (κ2) is 7.14. The lowest BCUT2D eigenvalue weighted by atomic mass is 9.92. The van der Waals surface area contributed by atoms with E-state index >= 15 is 0 Å². The summed E-state index contributed by atoms with van der Waals surface area (Å²) >= 11 is 0. The maximum absolute atomic E-state index is 12.9. The Kier molecular flexibility index (Phi) is 4.73. The Labute approximate surface area is 148 Å². The van der Waals surface area contributed by atoms with Crippen molar-refractivity contribution in [1.29, 1.82) is 5.26 Å². The molecule has 2 fully saturated rings. The Morgan fingerprint density at radius 3 is 2.64 bits per heavy atom. The summed E-state index contributed by atoms with van der Waals surface area (Å²) in [5, 5.41) is 13.2. The summed E-state index contributed by atoms with van der Waals surface area (Å²) in [4.78, 5) is 17.4. The van der Waals surface area contributed by atoms with Crippen molar-refractivity contribution in [2.45, 2.75) is 44.8 Å². The number of rotatable bonds is 2. The Morgan fingerprint density at radius 1 is 1.16 bits per heavy atom. The molecule has 0 aliphatic carbocycles. The van der Waals surface area contributed by atoms with Gasteiger partial charge in [0.1, 0.15) is 6.07 Å². The van der Waals surface area contributed by atoms with Gasteiger partial charge in [-0.15, -0.1) is 0 Å². The van der Waals surface area contributed by atoms with Gasteiger partial charge in [-0.1, -0.05) is 0 Å². The van der Waals surface area contributed by atoms with Crippen molar-refractivity contribution in [2.24, 2.45) is 5.92 Å². The highest BCUT2D eigenvalue weighted by molar-refractivity contribution is 5.79. The third kappa shape index (κ3) is 3.42. The monoisotopic (exact) mass is 343 g/mol.